The Balaban J connectivity index is 1.76. The molecule has 152 valence electrons. The number of pyridine rings is 1. The second-order valence-corrected chi connectivity index (χ2v) is 8.10. The molecule has 1 aliphatic heterocycles. The molecule has 0 aliphatic carbocycles. The van der Waals surface area contributed by atoms with Gasteiger partial charge >= 0.3 is 0 Å². The van der Waals surface area contributed by atoms with E-state index in [4.69, 9.17) is 11.6 Å². The lowest BCUT2D eigenvalue weighted by molar-refractivity contribution is -0.131. The van der Waals surface area contributed by atoms with Crippen LogP contribution in [0.2, 0.25) is 5.02 Å². The SMILES string of the molecule is CC#CC(=O)N1CC(Nc2ccc3ccn(C)c(=O)c3c2)(c2cccc(Cl)c2C)C1. The Morgan fingerprint density at radius 3 is 2.70 bits per heavy atom. The standard InChI is InChI=1S/C24H22ClN3O2/c1-4-6-22(29)28-14-24(15-28,20-7-5-8-21(25)16(20)2)26-18-10-9-17-11-12-27(3)23(30)19(17)13-18/h5,7-13,26H,14-15H2,1-3H3. The Bertz CT molecular complexity index is 1280. The summed E-state index contributed by atoms with van der Waals surface area (Å²) in [6.07, 6.45) is 1.76. The van der Waals surface area contributed by atoms with Gasteiger partial charge in [-0.05, 0) is 60.5 Å². The minimum atomic E-state index is -0.506. The molecule has 0 spiro atoms. The molecule has 3 aromatic rings. The maximum atomic E-state index is 12.6. The summed E-state index contributed by atoms with van der Waals surface area (Å²) in [7, 11) is 1.74. The number of aryl methyl sites for hydroxylation is 1. The fourth-order valence-electron chi connectivity index (χ4n) is 4.07. The molecule has 0 radical (unpaired) electrons. The summed E-state index contributed by atoms with van der Waals surface area (Å²) in [5.41, 5.74) is 2.27. The quantitative estimate of drug-likeness (QED) is 0.659. The molecule has 1 saturated heterocycles. The predicted molar refractivity (Wildman–Crippen MR) is 121 cm³/mol. The van der Waals surface area contributed by atoms with E-state index >= 15 is 0 Å². The van der Waals surface area contributed by atoms with Crippen LogP contribution in [0, 0.1) is 18.8 Å². The topological polar surface area (TPSA) is 54.3 Å². The Morgan fingerprint density at radius 1 is 1.20 bits per heavy atom. The van der Waals surface area contributed by atoms with Crippen molar-refractivity contribution in [2.45, 2.75) is 19.4 Å². The van der Waals surface area contributed by atoms with Gasteiger partial charge in [0.1, 0.15) is 0 Å². The number of hydrogen-bond donors (Lipinski definition) is 1. The van der Waals surface area contributed by atoms with Crippen LogP contribution in [0.3, 0.4) is 0 Å². The minimum absolute atomic E-state index is 0.0484. The van der Waals surface area contributed by atoms with Crippen molar-refractivity contribution in [2.24, 2.45) is 7.05 Å². The van der Waals surface area contributed by atoms with Crippen molar-refractivity contribution in [1.82, 2.24) is 9.47 Å². The zero-order valence-corrected chi connectivity index (χ0v) is 17.9. The summed E-state index contributed by atoms with van der Waals surface area (Å²) >= 11 is 6.39. The number of nitrogens with zero attached hydrogens (tertiary/aromatic N) is 2. The fourth-order valence-corrected chi connectivity index (χ4v) is 4.24. The average Bonchev–Trinajstić information content (AvgIpc) is 2.70. The molecular formula is C24H22ClN3O2. The molecule has 6 heteroatoms. The van der Waals surface area contributed by atoms with Gasteiger partial charge in [0.2, 0.25) is 0 Å². The number of hydrogen-bond acceptors (Lipinski definition) is 3. The molecule has 2 aromatic carbocycles. The second-order valence-electron chi connectivity index (χ2n) is 7.69. The zero-order valence-electron chi connectivity index (χ0n) is 17.1. The number of rotatable bonds is 3. The number of halogens is 1. The molecule has 1 fully saturated rings. The molecule has 1 aliphatic rings. The number of nitrogens with one attached hydrogen (secondary N) is 1. The van der Waals surface area contributed by atoms with Crippen molar-refractivity contribution in [3.8, 4) is 11.8 Å². The van der Waals surface area contributed by atoms with E-state index in [0.717, 1.165) is 22.2 Å². The van der Waals surface area contributed by atoms with Gasteiger partial charge in [-0.25, -0.2) is 0 Å². The van der Waals surface area contributed by atoms with Gasteiger partial charge in [0.25, 0.3) is 11.5 Å². The van der Waals surface area contributed by atoms with Gasteiger partial charge in [0.15, 0.2) is 0 Å². The van der Waals surface area contributed by atoms with Crippen LogP contribution in [0.4, 0.5) is 5.69 Å². The van der Waals surface area contributed by atoms with E-state index in [9.17, 15) is 9.59 Å². The van der Waals surface area contributed by atoms with Crippen molar-refractivity contribution in [1.29, 1.82) is 0 Å². The Kier molecular flexibility index (Phi) is 5.05. The van der Waals surface area contributed by atoms with E-state index in [2.05, 4.69) is 17.2 Å². The second kappa shape index (κ2) is 7.55. The summed E-state index contributed by atoms with van der Waals surface area (Å²) in [5.74, 6) is 5.08. The van der Waals surface area contributed by atoms with E-state index < -0.39 is 5.54 Å². The number of likely N-dealkylation sites (tertiary alicyclic amines) is 1. The van der Waals surface area contributed by atoms with Crippen molar-refractivity contribution in [3.05, 3.63) is 75.2 Å². The van der Waals surface area contributed by atoms with Crippen LogP contribution in [-0.4, -0.2) is 28.5 Å². The highest BCUT2D eigenvalue weighted by atomic mass is 35.5. The molecule has 2 heterocycles. The molecule has 4 rings (SSSR count). The third-order valence-electron chi connectivity index (χ3n) is 5.69. The first-order valence-electron chi connectivity index (χ1n) is 9.69. The monoisotopic (exact) mass is 419 g/mol. The molecule has 30 heavy (non-hydrogen) atoms. The van der Waals surface area contributed by atoms with Gasteiger partial charge < -0.3 is 14.8 Å². The highest BCUT2D eigenvalue weighted by Gasteiger charge is 2.47. The maximum Gasteiger partial charge on any atom is 0.298 e. The first kappa shape index (κ1) is 20.1. The van der Waals surface area contributed by atoms with Crippen LogP contribution < -0.4 is 10.9 Å². The summed E-state index contributed by atoms with van der Waals surface area (Å²) in [6, 6.07) is 13.5. The average molecular weight is 420 g/mol. The highest BCUT2D eigenvalue weighted by molar-refractivity contribution is 6.31. The highest BCUT2D eigenvalue weighted by Crippen LogP contribution is 2.39. The van der Waals surface area contributed by atoms with Crippen LogP contribution in [-0.2, 0) is 17.4 Å². The van der Waals surface area contributed by atoms with Crippen molar-refractivity contribution in [3.63, 3.8) is 0 Å². The number of benzene rings is 2. The van der Waals surface area contributed by atoms with Crippen LogP contribution in [0.15, 0.2) is 53.5 Å². The number of aromatic nitrogens is 1. The van der Waals surface area contributed by atoms with Crippen LogP contribution in [0.25, 0.3) is 10.8 Å². The van der Waals surface area contributed by atoms with Gasteiger partial charge in [-0.3, -0.25) is 9.59 Å². The number of fused-ring (bicyclic) bond motifs is 1. The van der Waals surface area contributed by atoms with Crippen molar-refractivity contribution < 1.29 is 4.79 Å². The smallest absolute Gasteiger partial charge is 0.298 e. The Labute approximate surface area is 180 Å². The minimum Gasteiger partial charge on any atom is -0.372 e. The summed E-state index contributed by atoms with van der Waals surface area (Å²) < 4.78 is 1.57. The first-order chi connectivity index (χ1) is 14.3. The van der Waals surface area contributed by atoms with Gasteiger partial charge in [-0.15, -0.1) is 0 Å². The molecule has 1 N–H and O–H groups in total. The summed E-state index contributed by atoms with van der Waals surface area (Å²) in [4.78, 5) is 26.5. The predicted octanol–water partition coefficient (Wildman–Crippen LogP) is 3.67. The number of carbonyl (C=O) groups excluding carboxylic acids is 1. The largest absolute Gasteiger partial charge is 0.372 e. The lowest BCUT2D eigenvalue weighted by atomic mass is 9.79. The summed E-state index contributed by atoms with van der Waals surface area (Å²) in [5, 5.41) is 5.81. The summed E-state index contributed by atoms with van der Waals surface area (Å²) in [6.45, 7) is 4.56. The number of amides is 1. The maximum absolute atomic E-state index is 12.6. The van der Waals surface area contributed by atoms with Crippen LogP contribution >= 0.6 is 11.6 Å². The zero-order chi connectivity index (χ0) is 21.5. The van der Waals surface area contributed by atoms with E-state index in [1.807, 2.05) is 49.4 Å². The van der Waals surface area contributed by atoms with Crippen LogP contribution in [0.5, 0.6) is 0 Å². The van der Waals surface area contributed by atoms with Gasteiger partial charge in [0.05, 0.1) is 18.6 Å². The van der Waals surface area contributed by atoms with E-state index in [-0.39, 0.29) is 11.5 Å². The molecule has 0 saturated carbocycles. The molecule has 5 nitrogen and oxygen atoms in total. The lowest BCUT2D eigenvalue weighted by Gasteiger charge is -2.51. The third-order valence-corrected chi connectivity index (χ3v) is 6.10. The Morgan fingerprint density at radius 2 is 1.97 bits per heavy atom. The molecule has 0 atom stereocenters. The Hall–Kier alpha value is -3.23. The van der Waals surface area contributed by atoms with E-state index in [1.165, 1.54) is 0 Å². The molecule has 1 aromatic heterocycles. The normalized spacial score (nSPS) is 14.6. The first-order valence-corrected chi connectivity index (χ1v) is 10.1. The lowest BCUT2D eigenvalue weighted by Crippen LogP contribution is -2.65. The third kappa shape index (κ3) is 3.34. The van der Waals surface area contributed by atoms with Crippen LogP contribution in [0.1, 0.15) is 18.1 Å². The van der Waals surface area contributed by atoms with Crippen molar-refractivity contribution >= 4 is 34.0 Å². The van der Waals surface area contributed by atoms with Gasteiger partial charge in [-0.2, -0.15) is 0 Å². The molecule has 0 bridgehead atoms. The van der Waals surface area contributed by atoms with Gasteiger partial charge in [0, 0.05) is 29.3 Å². The molecular weight excluding hydrogens is 398 g/mol. The van der Waals surface area contributed by atoms with E-state index in [1.54, 1.807) is 29.6 Å². The van der Waals surface area contributed by atoms with Crippen molar-refractivity contribution in [2.75, 3.05) is 18.4 Å². The number of anilines is 1. The molecule has 1 amide bonds. The number of carbonyl (C=O) groups is 1. The van der Waals surface area contributed by atoms with E-state index in [0.29, 0.717) is 23.5 Å². The van der Waals surface area contributed by atoms with Gasteiger partial charge in [-0.1, -0.05) is 35.7 Å². The molecule has 0 unspecified atom stereocenters. The fraction of sp³-hybridized carbons (Fsp3) is 0.250.